The lowest BCUT2D eigenvalue weighted by Gasteiger charge is -2.13. The summed E-state index contributed by atoms with van der Waals surface area (Å²) in [7, 11) is 0. The van der Waals surface area contributed by atoms with Gasteiger partial charge >= 0.3 is 0 Å². The molecule has 0 aliphatic carbocycles. The highest BCUT2D eigenvalue weighted by molar-refractivity contribution is 5.55. The van der Waals surface area contributed by atoms with Gasteiger partial charge in [-0.1, -0.05) is 20.8 Å². The van der Waals surface area contributed by atoms with Crippen LogP contribution in [-0.4, -0.2) is 19.7 Å². The largest absolute Gasteiger partial charge is 0.383 e. The quantitative estimate of drug-likeness (QED) is 0.916. The van der Waals surface area contributed by atoms with Crippen molar-refractivity contribution in [2.45, 2.75) is 46.6 Å². The molecule has 2 aromatic rings. The van der Waals surface area contributed by atoms with Crippen molar-refractivity contribution in [2.24, 2.45) is 0 Å². The summed E-state index contributed by atoms with van der Waals surface area (Å²) in [5, 5.41) is 4.30. The lowest BCUT2D eigenvalue weighted by molar-refractivity contribution is 0.606. The molecule has 2 aromatic heterocycles. The predicted molar refractivity (Wildman–Crippen MR) is 76.8 cm³/mol. The molecule has 0 saturated heterocycles. The number of aromatic nitrogens is 4. The summed E-state index contributed by atoms with van der Waals surface area (Å²) in [6, 6.07) is 1.93. The molecule has 2 heterocycles. The highest BCUT2D eigenvalue weighted by Crippen LogP contribution is 2.26. The Labute approximate surface area is 113 Å². The monoisotopic (exact) mass is 259 g/mol. The van der Waals surface area contributed by atoms with Crippen molar-refractivity contribution in [3.63, 3.8) is 0 Å². The Kier molecular flexibility index (Phi) is 3.83. The van der Waals surface area contributed by atoms with Crippen LogP contribution >= 0.6 is 0 Å². The van der Waals surface area contributed by atoms with Gasteiger partial charge in [-0.05, 0) is 25.3 Å². The Morgan fingerprint density at radius 1 is 1.32 bits per heavy atom. The zero-order valence-corrected chi connectivity index (χ0v) is 12.0. The fourth-order valence-corrected chi connectivity index (χ4v) is 2.34. The maximum absolute atomic E-state index is 6.07. The summed E-state index contributed by atoms with van der Waals surface area (Å²) in [5.74, 6) is 1.56. The van der Waals surface area contributed by atoms with E-state index in [9.17, 15) is 0 Å². The summed E-state index contributed by atoms with van der Waals surface area (Å²) in [5.41, 5.74) is 8.97. The molecular weight excluding hydrogens is 238 g/mol. The molecular formula is C14H21N5. The first kappa shape index (κ1) is 13.5. The molecule has 2 rings (SSSR count). The standard InChI is InChI=1S/C14H21N5/c1-5-8-19-11(6-7-16-19)14-17-10(4)12(9(2)3)13(15)18-14/h6-7,9H,5,8H2,1-4H3,(H2,15,17,18). The Morgan fingerprint density at radius 3 is 2.63 bits per heavy atom. The molecule has 0 unspecified atom stereocenters. The second kappa shape index (κ2) is 5.38. The van der Waals surface area contributed by atoms with Crippen LogP contribution in [0.25, 0.3) is 11.5 Å². The van der Waals surface area contributed by atoms with Gasteiger partial charge in [0.25, 0.3) is 0 Å². The molecule has 19 heavy (non-hydrogen) atoms. The third-order valence-corrected chi connectivity index (χ3v) is 3.12. The summed E-state index contributed by atoms with van der Waals surface area (Å²) in [4.78, 5) is 9.04. The third-order valence-electron chi connectivity index (χ3n) is 3.12. The van der Waals surface area contributed by atoms with Crippen molar-refractivity contribution >= 4 is 5.82 Å². The van der Waals surface area contributed by atoms with Gasteiger partial charge in [0.1, 0.15) is 11.5 Å². The van der Waals surface area contributed by atoms with Crippen LogP contribution in [0.5, 0.6) is 0 Å². The van der Waals surface area contributed by atoms with Crippen LogP contribution in [0, 0.1) is 6.92 Å². The van der Waals surface area contributed by atoms with E-state index in [0.717, 1.165) is 29.9 Å². The Balaban J connectivity index is 2.49. The van der Waals surface area contributed by atoms with E-state index in [1.807, 2.05) is 17.7 Å². The Morgan fingerprint density at radius 2 is 2.05 bits per heavy atom. The molecule has 0 bridgehead atoms. The van der Waals surface area contributed by atoms with Crippen molar-refractivity contribution in [2.75, 3.05) is 5.73 Å². The maximum Gasteiger partial charge on any atom is 0.180 e. The minimum atomic E-state index is 0.328. The average Bonchev–Trinajstić information content (AvgIpc) is 2.76. The molecule has 0 aliphatic rings. The smallest absolute Gasteiger partial charge is 0.180 e. The van der Waals surface area contributed by atoms with Gasteiger partial charge in [0.05, 0.1) is 0 Å². The van der Waals surface area contributed by atoms with Crippen molar-refractivity contribution < 1.29 is 0 Å². The van der Waals surface area contributed by atoms with Crippen LogP contribution in [-0.2, 0) is 6.54 Å². The molecule has 0 saturated carbocycles. The molecule has 0 aromatic carbocycles. The van der Waals surface area contributed by atoms with E-state index < -0.39 is 0 Å². The van der Waals surface area contributed by atoms with Crippen LogP contribution in [0.1, 0.15) is 44.4 Å². The number of nitrogens with zero attached hydrogens (tertiary/aromatic N) is 4. The minimum absolute atomic E-state index is 0.328. The number of hydrogen-bond acceptors (Lipinski definition) is 4. The van der Waals surface area contributed by atoms with E-state index >= 15 is 0 Å². The fourth-order valence-electron chi connectivity index (χ4n) is 2.34. The lowest BCUT2D eigenvalue weighted by atomic mass is 10.0. The van der Waals surface area contributed by atoms with E-state index in [1.54, 1.807) is 6.20 Å². The first-order valence-corrected chi connectivity index (χ1v) is 6.70. The van der Waals surface area contributed by atoms with Crippen LogP contribution in [0.4, 0.5) is 5.82 Å². The molecule has 2 N–H and O–H groups in total. The van der Waals surface area contributed by atoms with Crippen molar-refractivity contribution in [1.82, 2.24) is 19.7 Å². The molecule has 0 aliphatic heterocycles. The number of rotatable bonds is 4. The van der Waals surface area contributed by atoms with Crippen LogP contribution < -0.4 is 5.73 Å². The van der Waals surface area contributed by atoms with Crippen molar-refractivity contribution in [3.8, 4) is 11.5 Å². The SMILES string of the molecule is CCCn1nccc1-c1nc(C)c(C(C)C)c(N)n1. The molecule has 0 amide bonds. The molecule has 0 atom stereocenters. The number of aryl methyl sites for hydroxylation is 2. The second-order valence-corrected chi connectivity index (χ2v) is 5.03. The van der Waals surface area contributed by atoms with Gasteiger partial charge < -0.3 is 5.73 Å². The normalized spacial score (nSPS) is 11.2. The summed E-state index contributed by atoms with van der Waals surface area (Å²) in [6.07, 6.45) is 2.80. The van der Waals surface area contributed by atoms with Gasteiger partial charge in [0.15, 0.2) is 5.82 Å². The van der Waals surface area contributed by atoms with Gasteiger partial charge in [-0.15, -0.1) is 0 Å². The third kappa shape index (κ3) is 2.59. The van der Waals surface area contributed by atoms with Crippen molar-refractivity contribution in [1.29, 1.82) is 0 Å². The van der Waals surface area contributed by atoms with E-state index in [2.05, 4.69) is 35.8 Å². The Bertz CT molecular complexity index is 548. The number of nitrogens with two attached hydrogens (primary N) is 1. The van der Waals surface area contributed by atoms with Crippen LogP contribution in [0.3, 0.4) is 0 Å². The summed E-state index contributed by atoms with van der Waals surface area (Å²) >= 11 is 0. The van der Waals surface area contributed by atoms with Crippen LogP contribution in [0.2, 0.25) is 0 Å². The predicted octanol–water partition coefficient (Wildman–Crippen LogP) is 2.76. The van der Waals surface area contributed by atoms with Gasteiger partial charge in [-0.25, -0.2) is 9.97 Å². The molecule has 0 fully saturated rings. The lowest BCUT2D eigenvalue weighted by Crippen LogP contribution is -2.09. The van der Waals surface area contributed by atoms with Gasteiger partial charge in [0.2, 0.25) is 0 Å². The van der Waals surface area contributed by atoms with Gasteiger partial charge in [-0.2, -0.15) is 5.10 Å². The van der Waals surface area contributed by atoms with E-state index in [-0.39, 0.29) is 0 Å². The summed E-state index contributed by atoms with van der Waals surface area (Å²) < 4.78 is 1.92. The molecule has 102 valence electrons. The average molecular weight is 259 g/mol. The first-order chi connectivity index (χ1) is 9.04. The van der Waals surface area contributed by atoms with E-state index in [4.69, 9.17) is 5.73 Å². The summed E-state index contributed by atoms with van der Waals surface area (Å²) in [6.45, 7) is 9.16. The molecule has 5 heteroatoms. The highest BCUT2D eigenvalue weighted by Gasteiger charge is 2.15. The number of hydrogen-bond donors (Lipinski definition) is 1. The van der Waals surface area contributed by atoms with Crippen LogP contribution in [0.15, 0.2) is 12.3 Å². The number of nitrogen functional groups attached to an aromatic ring is 1. The zero-order valence-electron chi connectivity index (χ0n) is 12.0. The fraction of sp³-hybridized carbons (Fsp3) is 0.500. The molecule has 0 radical (unpaired) electrons. The maximum atomic E-state index is 6.07. The molecule has 5 nitrogen and oxygen atoms in total. The number of anilines is 1. The first-order valence-electron chi connectivity index (χ1n) is 6.70. The van der Waals surface area contributed by atoms with Gasteiger partial charge in [-0.3, -0.25) is 4.68 Å². The van der Waals surface area contributed by atoms with Crippen molar-refractivity contribution in [3.05, 3.63) is 23.5 Å². The zero-order chi connectivity index (χ0) is 14.0. The second-order valence-electron chi connectivity index (χ2n) is 5.03. The minimum Gasteiger partial charge on any atom is -0.383 e. The van der Waals surface area contributed by atoms with E-state index in [1.165, 1.54) is 0 Å². The van der Waals surface area contributed by atoms with Gasteiger partial charge in [0, 0.05) is 24.0 Å². The Hall–Kier alpha value is -1.91. The highest BCUT2D eigenvalue weighted by atomic mass is 15.3. The van der Waals surface area contributed by atoms with E-state index in [0.29, 0.717) is 17.6 Å². The topological polar surface area (TPSA) is 69.6 Å². The molecule has 0 spiro atoms.